The van der Waals surface area contributed by atoms with E-state index in [0.29, 0.717) is 59.5 Å². The average molecular weight is 434 g/mol. The Morgan fingerprint density at radius 1 is 0.682 bits per heavy atom. The number of alkyl halides is 1. The summed E-state index contributed by atoms with van der Waals surface area (Å²) >= 11 is 2.27. The second-order valence-corrected chi connectivity index (χ2v) is 5.16. The highest BCUT2D eigenvalue weighted by molar-refractivity contribution is 14.1. The third kappa shape index (κ3) is 18.1. The van der Waals surface area contributed by atoms with Crippen molar-refractivity contribution in [1.29, 1.82) is 0 Å². The number of hydrogen-bond acceptors (Lipinski definition) is 7. The van der Waals surface area contributed by atoms with E-state index in [9.17, 15) is 4.79 Å². The van der Waals surface area contributed by atoms with Gasteiger partial charge in [-0.05, 0) is 0 Å². The zero-order chi connectivity index (χ0) is 16.3. The Balaban J connectivity index is 2.98. The summed E-state index contributed by atoms with van der Waals surface area (Å²) in [5, 5.41) is 0. The van der Waals surface area contributed by atoms with Gasteiger partial charge in [-0.25, -0.2) is 0 Å². The SMILES string of the molecule is COC(=O)CCOCCOCCOCCOCCOCCI. The number of rotatable bonds is 17. The van der Waals surface area contributed by atoms with E-state index in [1.165, 1.54) is 7.11 Å². The highest BCUT2D eigenvalue weighted by atomic mass is 127. The molecule has 0 aliphatic carbocycles. The smallest absolute Gasteiger partial charge is 0.307 e. The molecule has 0 fully saturated rings. The lowest BCUT2D eigenvalue weighted by molar-refractivity contribution is -0.141. The van der Waals surface area contributed by atoms with Crippen molar-refractivity contribution in [2.24, 2.45) is 0 Å². The number of ether oxygens (including phenoxy) is 6. The zero-order valence-electron chi connectivity index (χ0n) is 13.2. The highest BCUT2D eigenvalue weighted by Crippen LogP contribution is 1.88. The molecule has 0 aliphatic heterocycles. The maximum absolute atomic E-state index is 10.8. The second-order valence-electron chi connectivity index (χ2n) is 4.08. The van der Waals surface area contributed by atoms with E-state index in [2.05, 4.69) is 27.3 Å². The molecule has 0 saturated carbocycles. The maximum Gasteiger partial charge on any atom is 0.307 e. The summed E-state index contributed by atoms with van der Waals surface area (Å²) in [4.78, 5) is 10.8. The summed E-state index contributed by atoms with van der Waals surface area (Å²) in [6.45, 7) is 5.43. The molecule has 7 nitrogen and oxygen atoms in total. The molecule has 0 atom stereocenters. The van der Waals surface area contributed by atoms with Gasteiger partial charge in [0.1, 0.15) is 0 Å². The van der Waals surface area contributed by atoms with E-state index in [-0.39, 0.29) is 12.4 Å². The molecule has 0 N–H and O–H groups in total. The topological polar surface area (TPSA) is 72.5 Å². The van der Waals surface area contributed by atoms with E-state index in [4.69, 9.17) is 23.7 Å². The largest absolute Gasteiger partial charge is 0.469 e. The molecule has 0 unspecified atom stereocenters. The fourth-order valence-electron chi connectivity index (χ4n) is 1.29. The van der Waals surface area contributed by atoms with Crippen molar-refractivity contribution in [3.05, 3.63) is 0 Å². The lowest BCUT2D eigenvalue weighted by atomic mass is 10.5. The van der Waals surface area contributed by atoms with Gasteiger partial charge in [0, 0.05) is 4.43 Å². The van der Waals surface area contributed by atoms with Crippen LogP contribution in [0.2, 0.25) is 0 Å². The molecular weight excluding hydrogens is 407 g/mol. The van der Waals surface area contributed by atoms with Crippen molar-refractivity contribution in [3.63, 3.8) is 0 Å². The number of carbonyl (C=O) groups excluding carboxylic acids is 1. The minimum absolute atomic E-state index is 0.267. The van der Waals surface area contributed by atoms with Crippen LogP contribution in [0.1, 0.15) is 6.42 Å². The van der Waals surface area contributed by atoms with E-state index in [1.807, 2.05) is 0 Å². The van der Waals surface area contributed by atoms with Gasteiger partial charge >= 0.3 is 5.97 Å². The first-order valence-electron chi connectivity index (χ1n) is 7.32. The summed E-state index contributed by atoms with van der Waals surface area (Å²) < 4.78 is 31.9. The van der Waals surface area contributed by atoms with Crippen LogP contribution in [-0.4, -0.2) is 83.6 Å². The molecule has 0 aromatic carbocycles. The van der Waals surface area contributed by atoms with Gasteiger partial charge in [-0.3, -0.25) is 4.79 Å². The monoisotopic (exact) mass is 434 g/mol. The molecule has 0 aromatic rings. The molecule has 8 heteroatoms. The van der Waals surface area contributed by atoms with Gasteiger partial charge in [-0.15, -0.1) is 0 Å². The Hall–Kier alpha value is -0.000000000000000222. The second kappa shape index (κ2) is 19.0. The van der Waals surface area contributed by atoms with Crippen molar-refractivity contribution >= 4 is 28.6 Å². The zero-order valence-corrected chi connectivity index (χ0v) is 15.4. The van der Waals surface area contributed by atoms with Crippen LogP contribution >= 0.6 is 22.6 Å². The summed E-state index contributed by atoms with van der Waals surface area (Å²) in [6, 6.07) is 0. The molecule has 0 spiro atoms. The van der Waals surface area contributed by atoms with Gasteiger partial charge in [-0.1, -0.05) is 22.6 Å². The minimum Gasteiger partial charge on any atom is -0.469 e. The molecule has 22 heavy (non-hydrogen) atoms. The number of carbonyl (C=O) groups is 1. The summed E-state index contributed by atoms with van der Waals surface area (Å²) in [5.41, 5.74) is 0. The van der Waals surface area contributed by atoms with Crippen molar-refractivity contribution < 1.29 is 33.2 Å². The van der Waals surface area contributed by atoms with Crippen LogP contribution < -0.4 is 0 Å². The highest BCUT2D eigenvalue weighted by Gasteiger charge is 1.99. The van der Waals surface area contributed by atoms with Gasteiger partial charge in [-0.2, -0.15) is 0 Å². The number of methoxy groups -OCH3 is 1. The number of esters is 1. The first-order valence-corrected chi connectivity index (χ1v) is 8.85. The molecule has 0 bridgehead atoms. The average Bonchev–Trinajstić information content (AvgIpc) is 2.54. The predicted octanol–water partition coefficient (Wildman–Crippen LogP) is 1.07. The Morgan fingerprint density at radius 3 is 1.41 bits per heavy atom. The van der Waals surface area contributed by atoms with Gasteiger partial charge in [0.2, 0.25) is 0 Å². The summed E-state index contributed by atoms with van der Waals surface area (Å²) in [5.74, 6) is -0.270. The lowest BCUT2D eigenvalue weighted by Crippen LogP contribution is -2.14. The fraction of sp³-hybridized carbons (Fsp3) is 0.929. The minimum atomic E-state index is -0.270. The maximum atomic E-state index is 10.8. The molecule has 0 aromatic heterocycles. The van der Waals surface area contributed by atoms with Crippen molar-refractivity contribution in [2.75, 3.05) is 77.6 Å². The quantitative estimate of drug-likeness (QED) is 0.147. The van der Waals surface area contributed by atoms with Gasteiger partial charge in [0.25, 0.3) is 0 Å². The van der Waals surface area contributed by atoms with Crippen LogP contribution in [0.3, 0.4) is 0 Å². The van der Waals surface area contributed by atoms with Crippen molar-refractivity contribution in [1.82, 2.24) is 0 Å². The summed E-state index contributed by atoms with van der Waals surface area (Å²) in [7, 11) is 1.36. The van der Waals surface area contributed by atoms with E-state index in [0.717, 1.165) is 11.0 Å². The number of halogens is 1. The van der Waals surface area contributed by atoms with E-state index in [1.54, 1.807) is 0 Å². The number of hydrogen-bond donors (Lipinski definition) is 0. The van der Waals surface area contributed by atoms with Crippen LogP contribution in [0.15, 0.2) is 0 Å². The van der Waals surface area contributed by atoms with E-state index >= 15 is 0 Å². The molecule has 0 rings (SSSR count). The molecule has 0 heterocycles. The Morgan fingerprint density at radius 2 is 1.05 bits per heavy atom. The molecule has 0 amide bonds. The van der Waals surface area contributed by atoms with Crippen LogP contribution in [-0.2, 0) is 33.2 Å². The Bertz CT molecular complexity index is 241. The van der Waals surface area contributed by atoms with Crippen LogP contribution in [0.5, 0.6) is 0 Å². The van der Waals surface area contributed by atoms with Crippen molar-refractivity contribution in [2.45, 2.75) is 6.42 Å². The third-order valence-corrected chi connectivity index (χ3v) is 2.83. The predicted molar refractivity (Wildman–Crippen MR) is 89.6 cm³/mol. The van der Waals surface area contributed by atoms with Gasteiger partial charge in [0.05, 0.1) is 79.6 Å². The third-order valence-electron chi connectivity index (χ3n) is 2.39. The lowest BCUT2D eigenvalue weighted by Gasteiger charge is -2.07. The van der Waals surface area contributed by atoms with Gasteiger partial charge in [0.15, 0.2) is 0 Å². The fourth-order valence-corrected chi connectivity index (χ4v) is 1.61. The molecule has 0 radical (unpaired) electrons. The Kier molecular flexibility index (Phi) is 19.0. The van der Waals surface area contributed by atoms with Crippen LogP contribution in [0.25, 0.3) is 0 Å². The van der Waals surface area contributed by atoms with E-state index < -0.39 is 0 Å². The first kappa shape index (κ1) is 22.0. The molecule has 0 aliphatic rings. The molecule has 132 valence electrons. The molecule has 0 saturated heterocycles. The van der Waals surface area contributed by atoms with Crippen LogP contribution in [0, 0.1) is 0 Å². The first-order chi connectivity index (χ1) is 10.8. The Labute approximate surface area is 146 Å². The molecular formula is C14H27IO7. The standard InChI is InChI=1S/C14H27IO7/c1-17-14(16)2-4-18-6-8-20-10-12-22-13-11-21-9-7-19-5-3-15/h2-13H2,1H3. The van der Waals surface area contributed by atoms with Crippen molar-refractivity contribution in [3.8, 4) is 0 Å². The van der Waals surface area contributed by atoms with Gasteiger partial charge < -0.3 is 28.4 Å². The normalized spacial score (nSPS) is 10.8. The summed E-state index contributed by atoms with van der Waals surface area (Å²) in [6.07, 6.45) is 0.267. The van der Waals surface area contributed by atoms with Crippen LogP contribution in [0.4, 0.5) is 0 Å².